The van der Waals surface area contributed by atoms with Gasteiger partial charge in [-0.2, -0.15) is 0 Å². The van der Waals surface area contributed by atoms with Crippen molar-refractivity contribution in [3.05, 3.63) is 29.3 Å². The van der Waals surface area contributed by atoms with Crippen LogP contribution in [-0.2, 0) is 4.74 Å². The highest BCUT2D eigenvalue weighted by molar-refractivity contribution is 5.90. The SMILES string of the molecule is CC.CCOC(=O)c1cc(C)cc(N)c1. The fraction of sp³-hybridized carbons (Fsp3) is 0.417. The Morgan fingerprint density at radius 1 is 1.33 bits per heavy atom. The molecule has 1 rings (SSSR count). The van der Waals surface area contributed by atoms with Crippen LogP contribution in [0.1, 0.15) is 36.7 Å². The molecule has 0 fully saturated rings. The Bertz CT molecular complexity index is 301. The fourth-order valence-electron chi connectivity index (χ4n) is 1.15. The quantitative estimate of drug-likeness (QED) is 0.602. The predicted octanol–water partition coefficient (Wildman–Crippen LogP) is 2.78. The summed E-state index contributed by atoms with van der Waals surface area (Å²) in [4.78, 5) is 11.3. The number of hydrogen-bond acceptors (Lipinski definition) is 3. The topological polar surface area (TPSA) is 52.3 Å². The van der Waals surface area contributed by atoms with Gasteiger partial charge in [-0.1, -0.05) is 13.8 Å². The molecular formula is C12H19NO2. The zero-order valence-corrected chi connectivity index (χ0v) is 9.83. The Morgan fingerprint density at radius 2 is 1.93 bits per heavy atom. The number of ether oxygens (including phenoxy) is 1. The Kier molecular flexibility index (Phi) is 6.18. The Morgan fingerprint density at radius 3 is 2.40 bits per heavy atom. The van der Waals surface area contributed by atoms with Crippen molar-refractivity contribution < 1.29 is 9.53 Å². The van der Waals surface area contributed by atoms with Crippen molar-refractivity contribution in [3.63, 3.8) is 0 Å². The largest absolute Gasteiger partial charge is 0.462 e. The number of anilines is 1. The molecule has 0 saturated heterocycles. The van der Waals surface area contributed by atoms with Crippen LogP contribution in [0.4, 0.5) is 5.69 Å². The van der Waals surface area contributed by atoms with Crippen LogP contribution in [0.3, 0.4) is 0 Å². The van der Waals surface area contributed by atoms with Crippen LogP contribution in [-0.4, -0.2) is 12.6 Å². The summed E-state index contributed by atoms with van der Waals surface area (Å²) in [5.41, 5.74) is 7.65. The minimum absolute atomic E-state index is 0.321. The van der Waals surface area contributed by atoms with Crippen molar-refractivity contribution in [2.75, 3.05) is 12.3 Å². The molecule has 3 nitrogen and oxygen atoms in total. The van der Waals surface area contributed by atoms with Crippen molar-refractivity contribution in [2.45, 2.75) is 27.7 Å². The third-order valence-electron chi connectivity index (χ3n) is 1.61. The molecule has 0 bridgehead atoms. The summed E-state index contributed by atoms with van der Waals surface area (Å²) in [6.07, 6.45) is 0. The zero-order chi connectivity index (χ0) is 11.8. The second kappa shape index (κ2) is 6.87. The van der Waals surface area contributed by atoms with Crippen LogP contribution < -0.4 is 5.73 Å². The summed E-state index contributed by atoms with van der Waals surface area (Å²) in [6.45, 7) is 8.04. The van der Waals surface area contributed by atoms with E-state index in [9.17, 15) is 4.79 Å². The Labute approximate surface area is 91.2 Å². The Balaban J connectivity index is 0.000000921. The number of carbonyl (C=O) groups is 1. The number of carbonyl (C=O) groups excluding carboxylic acids is 1. The first-order valence-corrected chi connectivity index (χ1v) is 5.17. The molecule has 0 aliphatic heterocycles. The van der Waals surface area contributed by atoms with Crippen molar-refractivity contribution >= 4 is 11.7 Å². The molecule has 3 heteroatoms. The van der Waals surface area contributed by atoms with Crippen molar-refractivity contribution in [2.24, 2.45) is 0 Å². The lowest BCUT2D eigenvalue weighted by atomic mass is 10.1. The maximum Gasteiger partial charge on any atom is 0.338 e. The molecule has 1 aromatic rings. The lowest BCUT2D eigenvalue weighted by Gasteiger charge is -2.03. The van der Waals surface area contributed by atoms with Gasteiger partial charge in [-0.05, 0) is 37.6 Å². The highest BCUT2D eigenvalue weighted by Gasteiger charge is 2.06. The van der Waals surface area contributed by atoms with E-state index in [0.29, 0.717) is 17.9 Å². The second-order valence-corrected chi connectivity index (χ2v) is 2.85. The van der Waals surface area contributed by atoms with Gasteiger partial charge in [0.15, 0.2) is 0 Å². The molecule has 15 heavy (non-hydrogen) atoms. The van der Waals surface area contributed by atoms with Gasteiger partial charge >= 0.3 is 5.97 Å². The molecule has 2 N–H and O–H groups in total. The number of hydrogen-bond donors (Lipinski definition) is 1. The summed E-state index contributed by atoms with van der Waals surface area (Å²) in [6, 6.07) is 5.18. The first-order valence-electron chi connectivity index (χ1n) is 5.17. The third kappa shape index (κ3) is 4.49. The minimum Gasteiger partial charge on any atom is -0.462 e. The summed E-state index contributed by atoms with van der Waals surface area (Å²) >= 11 is 0. The van der Waals surface area contributed by atoms with E-state index in [2.05, 4.69) is 0 Å². The molecule has 0 radical (unpaired) electrons. The standard InChI is InChI=1S/C10H13NO2.C2H6/c1-3-13-10(12)8-4-7(2)5-9(11)6-8;1-2/h4-6H,3,11H2,1-2H3;1-2H3. The predicted molar refractivity (Wildman–Crippen MR) is 62.9 cm³/mol. The van der Waals surface area contributed by atoms with Crippen LogP contribution in [0.5, 0.6) is 0 Å². The van der Waals surface area contributed by atoms with E-state index in [-0.39, 0.29) is 5.97 Å². The smallest absolute Gasteiger partial charge is 0.338 e. The molecule has 0 saturated carbocycles. The molecule has 0 spiro atoms. The summed E-state index contributed by atoms with van der Waals surface area (Å²) in [7, 11) is 0. The van der Waals surface area contributed by atoms with Gasteiger partial charge in [-0.25, -0.2) is 4.79 Å². The number of benzene rings is 1. The van der Waals surface area contributed by atoms with Crippen LogP contribution in [0.15, 0.2) is 18.2 Å². The second-order valence-electron chi connectivity index (χ2n) is 2.85. The van der Waals surface area contributed by atoms with Crippen LogP contribution in [0.25, 0.3) is 0 Å². The van der Waals surface area contributed by atoms with Crippen LogP contribution in [0, 0.1) is 6.92 Å². The highest BCUT2D eigenvalue weighted by atomic mass is 16.5. The van der Waals surface area contributed by atoms with Gasteiger partial charge in [-0.3, -0.25) is 0 Å². The molecule has 84 valence electrons. The van der Waals surface area contributed by atoms with Gasteiger partial charge in [0.25, 0.3) is 0 Å². The van der Waals surface area contributed by atoms with E-state index in [1.165, 1.54) is 0 Å². The molecule has 0 unspecified atom stereocenters. The number of nitrogens with two attached hydrogens (primary N) is 1. The molecule has 0 amide bonds. The van der Waals surface area contributed by atoms with Crippen molar-refractivity contribution in [1.82, 2.24) is 0 Å². The lowest BCUT2D eigenvalue weighted by molar-refractivity contribution is 0.0526. The molecule has 0 atom stereocenters. The van der Waals surface area contributed by atoms with E-state index < -0.39 is 0 Å². The maximum atomic E-state index is 11.3. The minimum atomic E-state index is -0.321. The van der Waals surface area contributed by atoms with Gasteiger partial charge in [0.05, 0.1) is 12.2 Å². The van der Waals surface area contributed by atoms with Gasteiger partial charge in [-0.15, -0.1) is 0 Å². The van der Waals surface area contributed by atoms with Gasteiger partial charge in [0.1, 0.15) is 0 Å². The summed E-state index contributed by atoms with van der Waals surface area (Å²) in [5.74, 6) is -0.321. The zero-order valence-electron chi connectivity index (χ0n) is 9.83. The number of esters is 1. The molecule has 1 aromatic carbocycles. The Hall–Kier alpha value is -1.51. The van der Waals surface area contributed by atoms with Crippen LogP contribution >= 0.6 is 0 Å². The maximum absolute atomic E-state index is 11.3. The third-order valence-corrected chi connectivity index (χ3v) is 1.61. The molecular weight excluding hydrogens is 190 g/mol. The average Bonchev–Trinajstić information content (AvgIpc) is 2.20. The molecule has 0 aliphatic carbocycles. The van der Waals surface area contributed by atoms with Crippen molar-refractivity contribution in [1.29, 1.82) is 0 Å². The van der Waals surface area contributed by atoms with E-state index in [1.54, 1.807) is 19.1 Å². The normalized spacial score (nSPS) is 8.80. The van der Waals surface area contributed by atoms with E-state index in [0.717, 1.165) is 5.56 Å². The average molecular weight is 209 g/mol. The molecule has 0 aromatic heterocycles. The number of nitrogen functional groups attached to an aromatic ring is 1. The summed E-state index contributed by atoms with van der Waals surface area (Å²) < 4.78 is 4.84. The summed E-state index contributed by atoms with van der Waals surface area (Å²) in [5, 5.41) is 0. The monoisotopic (exact) mass is 209 g/mol. The fourth-order valence-corrected chi connectivity index (χ4v) is 1.15. The first kappa shape index (κ1) is 13.5. The number of rotatable bonds is 2. The van der Waals surface area contributed by atoms with Crippen molar-refractivity contribution in [3.8, 4) is 0 Å². The highest BCUT2D eigenvalue weighted by Crippen LogP contribution is 2.12. The van der Waals surface area contributed by atoms with Crippen LogP contribution in [0.2, 0.25) is 0 Å². The molecule has 0 heterocycles. The van der Waals surface area contributed by atoms with E-state index in [1.807, 2.05) is 26.8 Å². The number of aryl methyl sites for hydroxylation is 1. The van der Waals surface area contributed by atoms with Gasteiger partial charge in [0, 0.05) is 5.69 Å². The van der Waals surface area contributed by atoms with Gasteiger partial charge < -0.3 is 10.5 Å². The van der Waals surface area contributed by atoms with Gasteiger partial charge in [0.2, 0.25) is 0 Å². The van der Waals surface area contributed by atoms with E-state index >= 15 is 0 Å². The first-order chi connectivity index (χ1) is 7.13. The lowest BCUT2D eigenvalue weighted by Crippen LogP contribution is -2.05. The van der Waals surface area contributed by atoms with E-state index in [4.69, 9.17) is 10.5 Å². The molecule has 0 aliphatic rings.